The van der Waals surface area contributed by atoms with Crippen molar-refractivity contribution in [1.29, 1.82) is 0 Å². The minimum Gasteiger partial charge on any atom is -0.450 e. The smallest absolute Gasteiger partial charge is 0.374 e. The summed E-state index contributed by atoms with van der Waals surface area (Å²) in [6.45, 7) is 3.24. The molecule has 154 valence electrons. The van der Waals surface area contributed by atoms with Crippen LogP contribution in [0.2, 0.25) is 0 Å². The first kappa shape index (κ1) is 20.6. The van der Waals surface area contributed by atoms with Crippen molar-refractivity contribution in [2.24, 2.45) is 5.92 Å². The second kappa shape index (κ2) is 8.89. The monoisotopic (exact) mass is 400 g/mol. The number of carbonyl (C=O) groups is 3. The van der Waals surface area contributed by atoms with E-state index in [-0.39, 0.29) is 22.8 Å². The molecule has 0 aliphatic heterocycles. The molecule has 0 bridgehead atoms. The maximum absolute atomic E-state index is 12.2. The van der Waals surface area contributed by atoms with Crippen molar-refractivity contribution in [3.63, 3.8) is 0 Å². The summed E-state index contributed by atoms with van der Waals surface area (Å²) in [5.74, 6) is -1.68. The molecular weight excluding hydrogens is 376 g/mol. The van der Waals surface area contributed by atoms with E-state index in [0.717, 1.165) is 37.3 Å². The van der Waals surface area contributed by atoms with E-state index in [0.29, 0.717) is 11.3 Å². The van der Waals surface area contributed by atoms with Gasteiger partial charge in [-0.15, -0.1) is 0 Å². The molecule has 1 heterocycles. The molecule has 2 N–H and O–H groups in total. The van der Waals surface area contributed by atoms with Crippen molar-refractivity contribution >= 4 is 28.9 Å². The fraction of sp³-hybridized carbons (Fsp3) is 0.429. The Morgan fingerprint density at radius 2 is 1.93 bits per heavy atom. The third kappa shape index (κ3) is 5.22. The molecule has 0 radical (unpaired) electrons. The quantitative estimate of drug-likeness (QED) is 0.763. The molecule has 8 nitrogen and oxygen atoms in total. The Balaban J connectivity index is 1.54. The van der Waals surface area contributed by atoms with E-state index in [2.05, 4.69) is 17.6 Å². The molecule has 0 saturated heterocycles. The summed E-state index contributed by atoms with van der Waals surface area (Å²) >= 11 is 0. The van der Waals surface area contributed by atoms with E-state index in [9.17, 15) is 19.2 Å². The zero-order valence-corrected chi connectivity index (χ0v) is 16.4. The molecule has 0 spiro atoms. The number of rotatable bonds is 4. The van der Waals surface area contributed by atoms with Gasteiger partial charge >= 0.3 is 12.0 Å². The van der Waals surface area contributed by atoms with Gasteiger partial charge in [-0.25, -0.2) is 9.59 Å². The van der Waals surface area contributed by atoms with Crippen LogP contribution < -0.4 is 16.1 Å². The Labute approximate surface area is 167 Å². The van der Waals surface area contributed by atoms with E-state index in [1.54, 1.807) is 18.2 Å². The first-order valence-electron chi connectivity index (χ1n) is 9.65. The third-order valence-corrected chi connectivity index (χ3v) is 5.10. The van der Waals surface area contributed by atoms with Crippen LogP contribution in [0, 0.1) is 12.8 Å². The summed E-state index contributed by atoms with van der Waals surface area (Å²) in [5, 5.41) is 5.28. The highest BCUT2D eigenvalue weighted by molar-refractivity contribution is 5.96. The molecule has 29 heavy (non-hydrogen) atoms. The average molecular weight is 400 g/mol. The van der Waals surface area contributed by atoms with Crippen molar-refractivity contribution < 1.29 is 23.5 Å². The van der Waals surface area contributed by atoms with Crippen molar-refractivity contribution in [3.05, 3.63) is 45.8 Å². The lowest BCUT2D eigenvalue weighted by molar-refractivity contribution is -0.123. The predicted octanol–water partition coefficient (Wildman–Crippen LogP) is 2.66. The number of ether oxygens (including phenoxy) is 1. The van der Waals surface area contributed by atoms with Gasteiger partial charge in [0, 0.05) is 12.1 Å². The zero-order valence-electron chi connectivity index (χ0n) is 16.4. The van der Waals surface area contributed by atoms with Gasteiger partial charge in [0.15, 0.2) is 12.0 Å². The number of amides is 3. The molecule has 1 aliphatic rings. The standard InChI is InChI=1S/C21H24N2O6/c1-12-7-8-17-14(9-12)16(24)10-18(29-17)20(26)28-11-19(25)23-21(27)22-15-6-4-3-5-13(15)2/h7-10,13,15H,3-6,11H2,1-2H3,(H2,22,23,25,27)/t13-,15+/m0/s1. The molecule has 2 atom stereocenters. The van der Waals surface area contributed by atoms with Gasteiger partial charge in [0.1, 0.15) is 5.58 Å². The number of esters is 1. The minimum atomic E-state index is -0.957. The fourth-order valence-corrected chi connectivity index (χ4v) is 3.47. The van der Waals surface area contributed by atoms with E-state index < -0.39 is 24.5 Å². The van der Waals surface area contributed by atoms with Gasteiger partial charge < -0.3 is 14.5 Å². The Kier molecular flexibility index (Phi) is 6.31. The van der Waals surface area contributed by atoms with Crippen LogP contribution in [0.15, 0.2) is 33.5 Å². The maximum atomic E-state index is 12.2. The lowest BCUT2D eigenvalue weighted by Crippen LogP contribution is -2.48. The number of hydrogen-bond acceptors (Lipinski definition) is 6. The number of urea groups is 1. The molecule has 8 heteroatoms. The number of benzene rings is 1. The number of aryl methyl sites for hydroxylation is 1. The predicted molar refractivity (Wildman–Crippen MR) is 106 cm³/mol. The largest absolute Gasteiger partial charge is 0.450 e. The van der Waals surface area contributed by atoms with E-state index in [1.807, 2.05) is 6.92 Å². The second-order valence-electron chi connectivity index (χ2n) is 7.44. The van der Waals surface area contributed by atoms with Gasteiger partial charge in [0.2, 0.25) is 5.76 Å². The van der Waals surface area contributed by atoms with Crippen LogP contribution in [-0.2, 0) is 9.53 Å². The number of nitrogens with one attached hydrogen (secondary N) is 2. The van der Waals surface area contributed by atoms with Gasteiger partial charge in [-0.3, -0.25) is 14.9 Å². The fourth-order valence-electron chi connectivity index (χ4n) is 3.47. The molecule has 0 unspecified atom stereocenters. The van der Waals surface area contributed by atoms with Crippen molar-refractivity contribution in [1.82, 2.24) is 10.6 Å². The van der Waals surface area contributed by atoms with Gasteiger partial charge in [-0.2, -0.15) is 0 Å². The second-order valence-corrected chi connectivity index (χ2v) is 7.44. The maximum Gasteiger partial charge on any atom is 0.374 e. The molecule has 3 amide bonds. The van der Waals surface area contributed by atoms with Crippen LogP contribution in [0.4, 0.5) is 4.79 Å². The number of imide groups is 1. The average Bonchev–Trinajstić information content (AvgIpc) is 2.68. The Hall–Kier alpha value is -3.16. The summed E-state index contributed by atoms with van der Waals surface area (Å²) in [5.41, 5.74) is 0.755. The molecule has 3 rings (SSSR count). The Morgan fingerprint density at radius 3 is 2.69 bits per heavy atom. The minimum absolute atomic E-state index is 0.0228. The third-order valence-electron chi connectivity index (χ3n) is 5.10. The SMILES string of the molecule is Cc1ccc2oc(C(=O)OCC(=O)NC(=O)N[C@@H]3CCCC[C@@H]3C)cc(=O)c2c1. The summed E-state index contributed by atoms with van der Waals surface area (Å²) < 4.78 is 10.3. The normalized spacial score (nSPS) is 18.8. The number of hydrogen-bond donors (Lipinski definition) is 2. The van der Waals surface area contributed by atoms with Gasteiger partial charge in [-0.05, 0) is 37.8 Å². The first-order valence-corrected chi connectivity index (χ1v) is 9.65. The van der Waals surface area contributed by atoms with Crippen LogP contribution >= 0.6 is 0 Å². The van der Waals surface area contributed by atoms with Crippen molar-refractivity contribution in [3.8, 4) is 0 Å². The molecule has 1 aliphatic carbocycles. The van der Waals surface area contributed by atoms with Crippen LogP contribution in [0.5, 0.6) is 0 Å². The first-order chi connectivity index (χ1) is 13.8. The van der Waals surface area contributed by atoms with Crippen LogP contribution in [0.1, 0.15) is 48.7 Å². The lowest BCUT2D eigenvalue weighted by Gasteiger charge is -2.29. The van der Waals surface area contributed by atoms with Gasteiger partial charge in [-0.1, -0.05) is 31.4 Å². The summed E-state index contributed by atoms with van der Waals surface area (Å²) in [7, 11) is 0. The molecular formula is C21H24N2O6. The van der Waals surface area contributed by atoms with Crippen molar-refractivity contribution in [2.75, 3.05) is 6.61 Å². The van der Waals surface area contributed by atoms with Crippen LogP contribution in [0.25, 0.3) is 11.0 Å². The highest BCUT2D eigenvalue weighted by Gasteiger charge is 2.23. The molecule has 1 aromatic heterocycles. The zero-order chi connectivity index (χ0) is 21.0. The molecule has 1 saturated carbocycles. The summed E-state index contributed by atoms with van der Waals surface area (Å²) in [6.07, 6.45) is 4.09. The van der Waals surface area contributed by atoms with Gasteiger partial charge in [0.05, 0.1) is 5.39 Å². The lowest BCUT2D eigenvalue weighted by atomic mass is 9.86. The highest BCUT2D eigenvalue weighted by Crippen LogP contribution is 2.23. The van der Waals surface area contributed by atoms with E-state index in [4.69, 9.17) is 9.15 Å². The van der Waals surface area contributed by atoms with E-state index >= 15 is 0 Å². The molecule has 2 aromatic rings. The summed E-state index contributed by atoms with van der Waals surface area (Å²) in [4.78, 5) is 48.1. The Bertz CT molecular complexity index is 996. The number of carbonyl (C=O) groups excluding carboxylic acids is 3. The van der Waals surface area contributed by atoms with Crippen molar-refractivity contribution in [2.45, 2.75) is 45.6 Å². The molecule has 1 aromatic carbocycles. The Morgan fingerprint density at radius 1 is 1.17 bits per heavy atom. The topological polar surface area (TPSA) is 115 Å². The molecule has 1 fully saturated rings. The van der Waals surface area contributed by atoms with Crippen LogP contribution in [0.3, 0.4) is 0 Å². The van der Waals surface area contributed by atoms with E-state index in [1.165, 1.54) is 0 Å². The van der Waals surface area contributed by atoms with Gasteiger partial charge in [0.25, 0.3) is 5.91 Å². The van der Waals surface area contributed by atoms with Crippen LogP contribution in [-0.4, -0.2) is 30.6 Å². The highest BCUT2D eigenvalue weighted by atomic mass is 16.5. The summed E-state index contributed by atoms with van der Waals surface area (Å²) in [6, 6.07) is 5.44. The number of fused-ring (bicyclic) bond motifs is 1.